The van der Waals surface area contributed by atoms with Crippen molar-refractivity contribution in [3.05, 3.63) is 71.8 Å². The number of halogens is 2. The van der Waals surface area contributed by atoms with Gasteiger partial charge >= 0.3 is 24.4 Å². The number of rotatable bonds is 18. The summed E-state index contributed by atoms with van der Waals surface area (Å²) >= 11 is 4.24. The van der Waals surface area contributed by atoms with E-state index in [4.69, 9.17) is 9.47 Å². The SMILES string of the molecule is CCC(CC(C(=O)O)C(CCCC(CC(C(=O)OC=O)C(C)CC)c1ccccc1)C(=O)OC)c1ccccc1.II. The van der Waals surface area contributed by atoms with E-state index in [2.05, 4.69) is 37.2 Å². The Kier molecular flexibility index (Phi) is 19.6. The highest BCUT2D eigenvalue weighted by Crippen LogP contribution is 2.37. The number of hydrogen-bond donors (Lipinski definition) is 1. The third kappa shape index (κ3) is 12.3. The molecule has 0 fully saturated rings. The minimum absolute atomic E-state index is 0.00615. The van der Waals surface area contributed by atoms with E-state index in [0.717, 1.165) is 24.0 Å². The van der Waals surface area contributed by atoms with Gasteiger partial charge in [-0.2, -0.15) is 0 Å². The monoisotopic (exact) mass is 806 g/mol. The van der Waals surface area contributed by atoms with Gasteiger partial charge in [0.05, 0.1) is 24.9 Å². The van der Waals surface area contributed by atoms with Gasteiger partial charge in [0.1, 0.15) is 0 Å². The zero-order valence-electron chi connectivity index (χ0n) is 24.9. The first-order chi connectivity index (χ1) is 20.3. The number of carboxylic acid groups (broad SMARTS) is 1. The van der Waals surface area contributed by atoms with E-state index in [1.54, 1.807) is 0 Å². The summed E-state index contributed by atoms with van der Waals surface area (Å²) in [7, 11) is 1.30. The molecule has 42 heavy (non-hydrogen) atoms. The predicted octanol–water partition coefficient (Wildman–Crippen LogP) is 8.54. The number of carboxylic acids is 1. The molecule has 0 aliphatic carbocycles. The number of carbonyl (C=O) groups is 4. The predicted molar refractivity (Wildman–Crippen MR) is 182 cm³/mol. The van der Waals surface area contributed by atoms with Crippen LogP contribution in [0.3, 0.4) is 0 Å². The van der Waals surface area contributed by atoms with Gasteiger partial charge in [0.25, 0.3) is 0 Å². The Morgan fingerprint density at radius 2 is 1.31 bits per heavy atom. The minimum atomic E-state index is -1.00. The first-order valence-corrected chi connectivity index (χ1v) is 20.7. The molecule has 0 aliphatic rings. The Bertz CT molecular complexity index is 1060. The Morgan fingerprint density at radius 3 is 1.76 bits per heavy atom. The number of ether oxygens (including phenoxy) is 2. The number of esters is 2. The fourth-order valence-electron chi connectivity index (χ4n) is 5.66. The second kappa shape index (κ2) is 21.6. The van der Waals surface area contributed by atoms with Crippen LogP contribution in [-0.2, 0) is 28.7 Å². The summed E-state index contributed by atoms with van der Waals surface area (Å²) in [5, 5.41) is 10.2. The lowest BCUT2D eigenvalue weighted by Crippen LogP contribution is -2.32. The van der Waals surface area contributed by atoms with E-state index in [0.29, 0.717) is 32.1 Å². The second-order valence-electron chi connectivity index (χ2n) is 10.6. The average molecular weight is 807 g/mol. The summed E-state index contributed by atoms with van der Waals surface area (Å²) in [6, 6.07) is 19.6. The first kappa shape index (κ1) is 38.0. The molecule has 9 heteroatoms. The van der Waals surface area contributed by atoms with Crippen LogP contribution < -0.4 is 0 Å². The third-order valence-corrected chi connectivity index (χ3v) is 8.28. The van der Waals surface area contributed by atoms with Crippen LogP contribution in [0.2, 0.25) is 0 Å². The van der Waals surface area contributed by atoms with Gasteiger partial charge in [0, 0.05) is 37.2 Å². The largest absolute Gasteiger partial charge is 0.481 e. The molecule has 0 bridgehead atoms. The zero-order chi connectivity index (χ0) is 31.5. The van der Waals surface area contributed by atoms with Gasteiger partial charge in [-0.25, -0.2) is 0 Å². The molecule has 0 amide bonds. The fraction of sp³-hybridized carbons (Fsp3) is 0.515. The molecule has 6 unspecified atom stereocenters. The minimum Gasteiger partial charge on any atom is -0.481 e. The molecular formula is C33H44I2O7. The molecule has 7 nitrogen and oxygen atoms in total. The first-order valence-electron chi connectivity index (χ1n) is 14.5. The Hall–Kier alpha value is -2.02. The quantitative estimate of drug-likeness (QED) is 0.0697. The van der Waals surface area contributed by atoms with E-state index < -0.39 is 35.7 Å². The fourth-order valence-corrected chi connectivity index (χ4v) is 5.66. The van der Waals surface area contributed by atoms with E-state index in [1.165, 1.54) is 7.11 Å². The molecule has 2 aromatic rings. The molecule has 2 aromatic carbocycles. The van der Waals surface area contributed by atoms with E-state index in [1.807, 2.05) is 81.4 Å². The summed E-state index contributed by atoms with van der Waals surface area (Å²) in [4.78, 5) is 48.9. The maximum Gasteiger partial charge on any atom is 0.316 e. The standard InChI is InChI=1S/C33H44O7.I2/c1-5-23(3)29(33(38)40-22-34)21-27(26-16-11-8-12-17-26)18-13-19-28(32(37)39-4)30(31(35)36)20-24(6-2)25-14-9-7-10-15-25;1-2/h7-12,14-17,22-24,27-30H,5-6,13,18-21H2,1-4H3,(H,35,36);. The molecule has 0 radical (unpaired) electrons. The van der Waals surface area contributed by atoms with Crippen molar-refractivity contribution in [2.24, 2.45) is 23.7 Å². The van der Waals surface area contributed by atoms with Crippen LogP contribution in [-0.4, -0.2) is 36.6 Å². The second-order valence-corrected chi connectivity index (χ2v) is 10.6. The summed E-state index contributed by atoms with van der Waals surface area (Å²) < 4.78 is 9.83. The number of benzene rings is 2. The third-order valence-electron chi connectivity index (χ3n) is 8.28. The average Bonchev–Trinajstić information content (AvgIpc) is 3.02. The lowest BCUT2D eigenvalue weighted by molar-refractivity contribution is -0.157. The Balaban J connectivity index is 0.00000431. The summed E-state index contributed by atoms with van der Waals surface area (Å²) in [6.07, 6.45) is 3.90. The Morgan fingerprint density at radius 1 is 0.786 bits per heavy atom. The molecule has 6 atom stereocenters. The van der Waals surface area contributed by atoms with E-state index >= 15 is 0 Å². The zero-order valence-corrected chi connectivity index (χ0v) is 29.2. The highest BCUT2D eigenvalue weighted by atomic mass is 128. The van der Waals surface area contributed by atoms with Gasteiger partial charge in [0.2, 0.25) is 0 Å². The van der Waals surface area contributed by atoms with Crippen molar-refractivity contribution in [3.63, 3.8) is 0 Å². The highest BCUT2D eigenvalue weighted by molar-refractivity contribution is 15.0. The van der Waals surface area contributed by atoms with Crippen molar-refractivity contribution < 1.29 is 33.8 Å². The number of carbonyl (C=O) groups excluding carboxylic acids is 3. The molecule has 0 spiro atoms. The van der Waals surface area contributed by atoms with Gasteiger partial charge in [-0.05, 0) is 61.0 Å². The van der Waals surface area contributed by atoms with Crippen LogP contribution in [0, 0.1) is 23.7 Å². The van der Waals surface area contributed by atoms with Gasteiger partial charge in [-0.3, -0.25) is 19.2 Å². The summed E-state index contributed by atoms with van der Waals surface area (Å²) in [5.74, 6) is -4.20. The number of methoxy groups -OCH3 is 1. The molecular weight excluding hydrogens is 762 g/mol. The summed E-state index contributed by atoms with van der Waals surface area (Å²) in [5.41, 5.74) is 2.11. The summed E-state index contributed by atoms with van der Waals surface area (Å²) in [6.45, 7) is 6.18. The van der Waals surface area contributed by atoms with Crippen LogP contribution in [0.4, 0.5) is 0 Å². The van der Waals surface area contributed by atoms with Crippen molar-refractivity contribution in [1.82, 2.24) is 0 Å². The Labute approximate surface area is 273 Å². The van der Waals surface area contributed by atoms with Gasteiger partial charge in [-0.1, -0.05) is 94.3 Å². The van der Waals surface area contributed by atoms with Crippen LogP contribution in [0.15, 0.2) is 60.7 Å². The lowest BCUT2D eigenvalue weighted by Gasteiger charge is -2.28. The van der Waals surface area contributed by atoms with Crippen LogP contribution in [0.5, 0.6) is 0 Å². The molecule has 0 saturated heterocycles. The van der Waals surface area contributed by atoms with Crippen molar-refractivity contribution in [2.45, 2.75) is 77.6 Å². The molecule has 0 heterocycles. The maximum atomic E-state index is 12.9. The molecule has 0 aliphatic heterocycles. The maximum absolute atomic E-state index is 12.9. The smallest absolute Gasteiger partial charge is 0.316 e. The van der Waals surface area contributed by atoms with E-state index in [-0.39, 0.29) is 24.2 Å². The lowest BCUT2D eigenvalue weighted by atomic mass is 9.76. The van der Waals surface area contributed by atoms with Crippen LogP contribution in [0.1, 0.15) is 88.7 Å². The topological polar surface area (TPSA) is 107 Å². The molecule has 0 aromatic heterocycles. The normalized spacial score (nSPS) is 15.0. The van der Waals surface area contributed by atoms with Crippen LogP contribution in [0.25, 0.3) is 0 Å². The van der Waals surface area contributed by atoms with Gasteiger partial charge in [0.15, 0.2) is 0 Å². The molecule has 0 saturated carbocycles. The van der Waals surface area contributed by atoms with Gasteiger partial charge < -0.3 is 14.6 Å². The number of aliphatic carboxylic acids is 1. The van der Waals surface area contributed by atoms with Crippen molar-refractivity contribution >= 4 is 61.6 Å². The molecule has 232 valence electrons. The van der Waals surface area contributed by atoms with Crippen molar-refractivity contribution in [1.29, 1.82) is 0 Å². The molecule has 1 N–H and O–H groups in total. The highest BCUT2D eigenvalue weighted by Gasteiger charge is 2.36. The van der Waals surface area contributed by atoms with Crippen molar-refractivity contribution in [3.8, 4) is 0 Å². The number of hydrogen-bond acceptors (Lipinski definition) is 6. The van der Waals surface area contributed by atoms with Crippen LogP contribution >= 0.6 is 37.2 Å². The van der Waals surface area contributed by atoms with Gasteiger partial charge in [-0.15, -0.1) is 0 Å². The van der Waals surface area contributed by atoms with Crippen molar-refractivity contribution in [2.75, 3.05) is 7.11 Å². The molecule has 2 rings (SSSR count). The van der Waals surface area contributed by atoms with E-state index in [9.17, 15) is 24.3 Å².